The second-order valence-electron chi connectivity index (χ2n) is 3.32. The van der Waals surface area contributed by atoms with Crippen molar-refractivity contribution in [2.75, 3.05) is 19.8 Å². The van der Waals surface area contributed by atoms with Crippen molar-refractivity contribution in [1.82, 2.24) is 0 Å². The molecule has 0 aliphatic rings. The molecule has 3 nitrogen and oxygen atoms in total. The molecule has 0 unspecified atom stereocenters. The Bertz CT molecular complexity index is 410. The zero-order valence-corrected chi connectivity index (χ0v) is 10.4. The first-order chi connectivity index (χ1) is 8.81. The summed E-state index contributed by atoms with van der Waals surface area (Å²) >= 11 is 0. The van der Waals surface area contributed by atoms with Crippen LogP contribution in [0, 0.1) is 6.07 Å². The van der Waals surface area contributed by atoms with Crippen LogP contribution in [-0.4, -0.2) is 19.8 Å². The highest BCUT2D eigenvalue weighted by atomic mass is 16.5. The number of benzene rings is 1. The second kappa shape index (κ2) is 8.01. The fourth-order valence-corrected chi connectivity index (χ4v) is 1.19. The predicted molar refractivity (Wildman–Crippen MR) is 72.4 cm³/mol. The molecule has 0 saturated carbocycles. The van der Waals surface area contributed by atoms with Gasteiger partial charge in [0.1, 0.15) is 25.6 Å². The van der Waals surface area contributed by atoms with Crippen LogP contribution in [0.1, 0.15) is 0 Å². The fourth-order valence-electron chi connectivity index (χ4n) is 1.19. The van der Waals surface area contributed by atoms with E-state index in [1.165, 1.54) is 0 Å². The van der Waals surface area contributed by atoms with E-state index in [1.54, 1.807) is 30.4 Å². The van der Waals surface area contributed by atoms with Crippen LogP contribution in [0.15, 0.2) is 50.1 Å². The molecule has 0 aromatic heterocycles. The minimum Gasteiger partial charge on any atom is -0.489 e. The Kier molecular flexibility index (Phi) is 6.19. The van der Waals surface area contributed by atoms with Gasteiger partial charge < -0.3 is 14.2 Å². The molecule has 18 heavy (non-hydrogen) atoms. The normalized spacial score (nSPS) is 9.33. The van der Waals surface area contributed by atoms with Gasteiger partial charge in [0.25, 0.3) is 0 Å². The lowest BCUT2D eigenvalue weighted by molar-refractivity contribution is 0.303. The quantitative estimate of drug-likeness (QED) is 0.625. The third-order valence-electron chi connectivity index (χ3n) is 1.92. The molecular formula is C15H17O3. The summed E-state index contributed by atoms with van der Waals surface area (Å²) in [6, 6.07) is 6.37. The molecule has 0 N–H and O–H groups in total. The van der Waals surface area contributed by atoms with Crippen molar-refractivity contribution >= 4 is 0 Å². The molecule has 0 aliphatic carbocycles. The van der Waals surface area contributed by atoms with Crippen molar-refractivity contribution in [3.8, 4) is 17.2 Å². The summed E-state index contributed by atoms with van der Waals surface area (Å²) in [7, 11) is 0. The van der Waals surface area contributed by atoms with Gasteiger partial charge in [0, 0.05) is 12.1 Å². The van der Waals surface area contributed by atoms with Gasteiger partial charge in [-0.25, -0.2) is 0 Å². The van der Waals surface area contributed by atoms with E-state index in [4.69, 9.17) is 14.2 Å². The number of rotatable bonds is 9. The van der Waals surface area contributed by atoms with Crippen LogP contribution in [0.5, 0.6) is 17.2 Å². The van der Waals surface area contributed by atoms with Gasteiger partial charge >= 0.3 is 0 Å². The molecule has 0 fully saturated rings. The average molecular weight is 245 g/mol. The standard InChI is InChI=1S/C15H17O3/c1-4-9-16-13-7-8-14(17-10-5-2)15(12-13)18-11-6-3/h4-6,8,12H,1-3,9-11H2. The second-order valence-corrected chi connectivity index (χ2v) is 3.32. The van der Waals surface area contributed by atoms with Crippen LogP contribution in [-0.2, 0) is 0 Å². The number of hydrogen-bond donors (Lipinski definition) is 0. The lowest BCUT2D eigenvalue weighted by Crippen LogP contribution is -2.00. The topological polar surface area (TPSA) is 27.7 Å². The minimum absolute atomic E-state index is 0.398. The summed E-state index contributed by atoms with van der Waals surface area (Å²) in [6.07, 6.45) is 5.00. The van der Waals surface area contributed by atoms with E-state index in [2.05, 4.69) is 25.8 Å². The van der Waals surface area contributed by atoms with E-state index in [0.29, 0.717) is 37.1 Å². The van der Waals surface area contributed by atoms with Gasteiger partial charge in [0.2, 0.25) is 0 Å². The van der Waals surface area contributed by atoms with Crippen LogP contribution < -0.4 is 14.2 Å². The van der Waals surface area contributed by atoms with Crippen LogP contribution in [0.25, 0.3) is 0 Å². The SMILES string of the molecule is C=CCOc1[c]cc(OCC=C)c(OCC=C)c1. The molecule has 1 rings (SSSR count). The number of ether oxygens (including phenoxy) is 3. The molecule has 95 valence electrons. The summed E-state index contributed by atoms with van der Waals surface area (Å²) < 4.78 is 16.3. The van der Waals surface area contributed by atoms with Crippen molar-refractivity contribution < 1.29 is 14.2 Å². The first kappa shape index (κ1) is 13.9. The number of hydrogen-bond acceptors (Lipinski definition) is 3. The zero-order valence-electron chi connectivity index (χ0n) is 10.4. The Balaban J connectivity index is 2.83. The highest BCUT2D eigenvalue weighted by Crippen LogP contribution is 2.31. The Labute approximate surface area is 108 Å². The van der Waals surface area contributed by atoms with E-state index in [1.807, 2.05) is 0 Å². The fraction of sp³-hybridized carbons (Fsp3) is 0.200. The van der Waals surface area contributed by atoms with Crippen molar-refractivity contribution in [2.45, 2.75) is 0 Å². The average Bonchev–Trinajstić information content (AvgIpc) is 2.41. The zero-order chi connectivity index (χ0) is 13.2. The lowest BCUT2D eigenvalue weighted by Gasteiger charge is -2.12. The molecule has 1 aromatic rings. The van der Waals surface area contributed by atoms with E-state index in [-0.39, 0.29) is 0 Å². The Hall–Kier alpha value is -2.16. The third-order valence-corrected chi connectivity index (χ3v) is 1.92. The predicted octanol–water partition coefficient (Wildman–Crippen LogP) is 3.18. The molecule has 0 heterocycles. The Morgan fingerprint density at radius 3 is 2.06 bits per heavy atom. The van der Waals surface area contributed by atoms with Crippen molar-refractivity contribution in [3.63, 3.8) is 0 Å². The monoisotopic (exact) mass is 245 g/mol. The summed E-state index contributed by atoms with van der Waals surface area (Å²) in [5.74, 6) is 1.78. The maximum absolute atomic E-state index is 5.50. The van der Waals surface area contributed by atoms with Crippen molar-refractivity contribution in [3.05, 3.63) is 56.2 Å². The van der Waals surface area contributed by atoms with Gasteiger partial charge in [-0.15, -0.1) is 0 Å². The van der Waals surface area contributed by atoms with Crippen molar-refractivity contribution in [1.29, 1.82) is 0 Å². The summed E-state index contributed by atoms with van der Waals surface area (Å²) in [5.41, 5.74) is 0. The van der Waals surface area contributed by atoms with Gasteiger partial charge in [-0.05, 0) is 6.07 Å². The lowest BCUT2D eigenvalue weighted by atomic mass is 10.3. The minimum atomic E-state index is 0.398. The smallest absolute Gasteiger partial charge is 0.165 e. The van der Waals surface area contributed by atoms with Gasteiger partial charge in [0.05, 0.1) is 0 Å². The highest BCUT2D eigenvalue weighted by Gasteiger charge is 2.07. The Morgan fingerprint density at radius 2 is 1.44 bits per heavy atom. The van der Waals surface area contributed by atoms with E-state index >= 15 is 0 Å². The van der Waals surface area contributed by atoms with Crippen LogP contribution >= 0.6 is 0 Å². The first-order valence-electron chi connectivity index (χ1n) is 5.58. The molecule has 3 heteroatoms. The maximum atomic E-state index is 5.50. The molecule has 0 bridgehead atoms. The van der Waals surface area contributed by atoms with Gasteiger partial charge in [-0.3, -0.25) is 0 Å². The van der Waals surface area contributed by atoms with Gasteiger partial charge in [-0.2, -0.15) is 0 Å². The van der Waals surface area contributed by atoms with Crippen LogP contribution in [0.3, 0.4) is 0 Å². The molecule has 1 radical (unpaired) electrons. The van der Waals surface area contributed by atoms with Gasteiger partial charge in [0.15, 0.2) is 11.5 Å². The summed E-state index contributed by atoms with van der Waals surface area (Å²) in [6.45, 7) is 12.0. The third kappa shape index (κ3) is 4.37. The summed E-state index contributed by atoms with van der Waals surface area (Å²) in [5, 5.41) is 0. The highest BCUT2D eigenvalue weighted by molar-refractivity contribution is 5.45. The largest absolute Gasteiger partial charge is 0.489 e. The molecule has 0 amide bonds. The Morgan fingerprint density at radius 1 is 0.889 bits per heavy atom. The van der Waals surface area contributed by atoms with Crippen LogP contribution in [0.2, 0.25) is 0 Å². The van der Waals surface area contributed by atoms with Crippen LogP contribution in [0.4, 0.5) is 0 Å². The van der Waals surface area contributed by atoms with Gasteiger partial charge in [-0.1, -0.05) is 38.0 Å². The van der Waals surface area contributed by atoms with E-state index in [0.717, 1.165) is 0 Å². The molecule has 0 aliphatic heterocycles. The molecule has 1 aromatic carbocycles. The first-order valence-corrected chi connectivity index (χ1v) is 5.58. The van der Waals surface area contributed by atoms with E-state index in [9.17, 15) is 0 Å². The maximum Gasteiger partial charge on any atom is 0.165 e. The molecular weight excluding hydrogens is 228 g/mol. The van der Waals surface area contributed by atoms with E-state index < -0.39 is 0 Å². The van der Waals surface area contributed by atoms with Crippen molar-refractivity contribution in [2.24, 2.45) is 0 Å². The molecule has 0 atom stereocenters. The molecule has 0 saturated heterocycles. The summed E-state index contributed by atoms with van der Waals surface area (Å²) in [4.78, 5) is 0. The molecule has 0 spiro atoms.